The van der Waals surface area contributed by atoms with Crippen LogP contribution in [-0.2, 0) is 0 Å². The van der Waals surface area contributed by atoms with E-state index in [1.165, 1.54) is 6.20 Å². The van der Waals surface area contributed by atoms with Crippen molar-refractivity contribution < 1.29 is 9.90 Å². The van der Waals surface area contributed by atoms with Crippen LogP contribution in [0.2, 0.25) is 0 Å². The van der Waals surface area contributed by atoms with Crippen molar-refractivity contribution in [3.8, 4) is 11.3 Å². The molecule has 2 N–H and O–H groups in total. The molecule has 0 atom stereocenters. The van der Waals surface area contributed by atoms with Gasteiger partial charge in [-0.05, 0) is 12.1 Å². The number of nitrogens with one attached hydrogen (secondary N) is 1. The summed E-state index contributed by atoms with van der Waals surface area (Å²) in [6.07, 6.45) is 2.96. The number of aromatic nitrogens is 3. The predicted octanol–water partition coefficient (Wildman–Crippen LogP) is 1.24. The highest BCUT2D eigenvalue weighted by molar-refractivity contribution is 5.96. The molecule has 2 aromatic rings. The van der Waals surface area contributed by atoms with E-state index in [-0.39, 0.29) is 5.56 Å². The van der Waals surface area contributed by atoms with E-state index in [1.54, 1.807) is 12.3 Å². The Balaban J connectivity index is 2.60. The zero-order chi connectivity index (χ0) is 12.4. The minimum atomic E-state index is -1.01. The SMILES string of the molecule is CN(C)c1ncccc1-c1[nH]ncc1C(=O)O. The van der Waals surface area contributed by atoms with Crippen LogP contribution in [-0.4, -0.2) is 40.4 Å². The van der Waals surface area contributed by atoms with Crippen LogP contribution < -0.4 is 4.90 Å². The zero-order valence-electron chi connectivity index (χ0n) is 9.51. The highest BCUT2D eigenvalue weighted by Crippen LogP contribution is 2.28. The molecule has 0 radical (unpaired) electrons. The quantitative estimate of drug-likeness (QED) is 0.831. The average molecular weight is 232 g/mol. The number of aromatic amines is 1. The van der Waals surface area contributed by atoms with Gasteiger partial charge in [0.25, 0.3) is 0 Å². The third kappa shape index (κ3) is 1.96. The van der Waals surface area contributed by atoms with E-state index < -0.39 is 5.97 Å². The smallest absolute Gasteiger partial charge is 0.339 e. The third-order valence-electron chi connectivity index (χ3n) is 2.35. The monoisotopic (exact) mass is 232 g/mol. The van der Waals surface area contributed by atoms with Crippen LogP contribution in [0.5, 0.6) is 0 Å². The Labute approximate surface area is 97.9 Å². The minimum Gasteiger partial charge on any atom is -0.478 e. The Morgan fingerprint density at radius 2 is 2.24 bits per heavy atom. The summed E-state index contributed by atoms with van der Waals surface area (Å²) in [5.74, 6) is -0.318. The number of pyridine rings is 1. The normalized spacial score (nSPS) is 10.2. The second-order valence-electron chi connectivity index (χ2n) is 3.73. The van der Waals surface area contributed by atoms with Crippen molar-refractivity contribution in [1.29, 1.82) is 0 Å². The Kier molecular flexibility index (Phi) is 2.78. The van der Waals surface area contributed by atoms with E-state index >= 15 is 0 Å². The minimum absolute atomic E-state index is 0.140. The summed E-state index contributed by atoms with van der Waals surface area (Å²) in [7, 11) is 3.70. The summed E-state index contributed by atoms with van der Waals surface area (Å²) >= 11 is 0. The van der Waals surface area contributed by atoms with E-state index in [0.29, 0.717) is 17.1 Å². The molecule has 17 heavy (non-hydrogen) atoms. The number of nitrogens with zero attached hydrogens (tertiary/aromatic N) is 3. The molecule has 0 aliphatic rings. The number of aromatic carboxylic acids is 1. The van der Waals surface area contributed by atoms with Gasteiger partial charge in [0.2, 0.25) is 0 Å². The van der Waals surface area contributed by atoms with Gasteiger partial charge in [-0.3, -0.25) is 5.10 Å². The molecule has 0 fully saturated rings. The fraction of sp³-hybridized carbons (Fsp3) is 0.182. The number of rotatable bonds is 3. The molecule has 0 aromatic carbocycles. The van der Waals surface area contributed by atoms with Crippen molar-refractivity contribution in [2.75, 3.05) is 19.0 Å². The summed E-state index contributed by atoms with van der Waals surface area (Å²) in [4.78, 5) is 17.1. The molecule has 0 spiro atoms. The molecule has 0 bridgehead atoms. The predicted molar refractivity (Wildman–Crippen MR) is 63.1 cm³/mol. The Morgan fingerprint density at radius 1 is 1.47 bits per heavy atom. The fourth-order valence-electron chi connectivity index (χ4n) is 1.60. The fourth-order valence-corrected chi connectivity index (χ4v) is 1.60. The van der Waals surface area contributed by atoms with Crippen LogP contribution in [0.25, 0.3) is 11.3 Å². The molecular formula is C11H12N4O2. The number of carboxylic acids is 1. The summed E-state index contributed by atoms with van der Waals surface area (Å²) < 4.78 is 0. The molecule has 88 valence electrons. The molecule has 2 heterocycles. The van der Waals surface area contributed by atoms with Gasteiger partial charge in [0.1, 0.15) is 11.4 Å². The van der Waals surface area contributed by atoms with Crippen molar-refractivity contribution >= 4 is 11.8 Å². The third-order valence-corrected chi connectivity index (χ3v) is 2.35. The molecule has 0 amide bonds. The lowest BCUT2D eigenvalue weighted by molar-refractivity contribution is 0.0698. The van der Waals surface area contributed by atoms with Crippen molar-refractivity contribution in [2.24, 2.45) is 0 Å². The van der Waals surface area contributed by atoms with Crippen LogP contribution in [0.1, 0.15) is 10.4 Å². The maximum atomic E-state index is 11.0. The molecule has 0 saturated heterocycles. The molecular weight excluding hydrogens is 220 g/mol. The number of hydrogen-bond donors (Lipinski definition) is 2. The second-order valence-corrected chi connectivity index (χ2v) is 3.73. The highest BCUT2D eigenvalue weighted by atomic mass is 16.4. The van der Waals surface area contributed by atoms with Crippen LogP contribution in [0.3, 0.4) is 0 Å². The van der Waals surface area contributed by atoms with Crippen LogP contribution in [0.15, 0.2) is 24.5 Å². The van der Waals surface area contributed by atoms with Gasteiger partial charge in [0.15, 0.2) is 0 Å². The lowest BCUT2D eigenvalue weighted by Gasteiger charge is -2.15. The van der Waals surface area contributed by atoms with Gasteiger partial charge in [0.05, 0.1) is 11.9 Å². The van der Waals surface area contributed by atoms with Gasteiger partial charge < -0.3 is 10.0 Å². The first-order valence-electron chi connectivity index (χ1n) is 5.00. The van der Waals surface area contributed by atoms with Gasteiger partial charge in [-0.25, -0.2) is 9.78 Å². The largest absolute Gasteiger partial charge is 0.478 e. The lowest BCUT2D eigenvalue weighted by Crippen LogP contribution is -2.12. The first-order chi connectivity index (χ1) is 8.11. The topological polar surface area (TPSA) is 82.1 Å². The summed E-state index contributed by atoms with van der Waals surface area (Å²) in [5, 5.41) is 15.5. The highest BCUT2D eigenvalue weighted by Gasteiger charge is 2.17. The molecule has 6 heteroatoms. The van der Waals surface area contributed by atoms with E-state index in [0.717, 1.165) is 0 Å². The van der Waals surface area contributed by atoms with Crippen molar-refractivity contribution in [1.82, 2.24) is 15.2 Å². The molecule has 0 aliphatic heterocycles. The maximum absolute atomic E-state index is 11.0. The van der Waals surface area contributed by atoms with Gasteiger partial charge in [-0.2, -0.15) is 5.10 Å². The number of hydrogen-bond acceptors (Lipinski definition) is 4. The van der Waals surface area contributed by atoms with E-state index in [4.69, 9.17) is 5.11 Å². The standard InChI is InChI=1S/C11H12N4O2/c1-15(2)10-7(4-3-5-12-10)9-8(11(16)17)6-13-14-9/h3-6H,1-2H3,(H,13,14)(H,16,17). The van der Waals surface area contributed by atoms with Crippen LogP contribution >= 0.6 is 0 Å². The summed E-state index contributed by atoms with van der Waals surface area (Å²) in [6, 6.07) is 3.57. The van der Waals surface area contributed by atoms with Gasteiger partial charge in [0, 0.05) is 25.9 Å². The van der Waals surface area contributed by atoms with E-state index in [1.807, 2.05) is 25.1 Å². The Morgan fingerprint density at radius 3 is 2.88 bits per heavy atom. The van der Waals surface area contributed by atoms with Gasteiger partial charge in [-0.1, -0.05) is 0 Å². The molecule has 0 aliphatic carbocycles. The van der Waals surface area contributed by atoms with Crippen molar-refractivity contribution in [3.63, 3.8) is 0 Å². The van der Waals surface area contributed by atoms with Crippen molar-refractivity contribution in [2.45, 2.75) is 0 Å². The van der Waals surface area contributed by atoms with Gasteiger partial charge in [-0.15, -0.1) is 0 Å². The van der Waals surface area contributed by atoms with E-state index in [2.05, 4.69) is 15.2 Å². The number of carbonyl (C=O) groups is 1. The Hall–Kier alpha value is -2.37. The zero-order valence-corrected chi connectivity index (χ0v) is 9.51. The molecule has 2 rings (SSSR count). The molecule has 6 nitrogen and oxygen atoms in total. The van der Waals surface area contributed by atoms with Gasteiger partial charge >= 0.3 is 5.97 Å². The molecule has 2 aromatic heterocycles. The average Bonchev–Trinajstić information content (AvgIpc) is 2.77. The molecule has 0 saturated carbocycles. The number of anilines is 1. The molecule has 0 unspecified atom stereocenters. The maximum Gasteiger partial charge on any atom is 0.339 e. The van der Waals surface area contributed by atoms with Crippen LogP contribution in [0.4, 0.5) is 5.82 Å². The number of carboxylic acid groups (broad SMARTS) is 1. The van der Waals surface area contributed by atoms with Crippen LogP contribution in [0, 0.1) is 0 Å². The Bertz CT molecular complexity index is 548. The summed E-state index contributed by atoms with van der Waals surface area (Å²) in [5.41, 5.74) is 1.32. The van der Waals surface area contributed by atoms with Crippen molar-refractivity contribution in [3.05, 3.63) is 30.1 Å². The first-order valence-corrected chi connectivity index (χ1v) is 5.00. The number of H-pyrrole nitrogens is 1. The summed E-state index contributed by atoms with van der Waals surface area (Å²) in [6.45, 7) is 0. The first kappa shape index (κ1) is 11.1. The van der Waals surface area contributed by atoms with E-state index in [9.17, 15) is 4.79 Å². The second kappa shape index (κ2) is 4.25. The lowest BCUT2D eigenvalue weighted by atomic mass is 10.1.